The van der Waals surface area contributed by atoms with E-state index < -0.39 is 0 Å². The van der Waals surface area contributed by atoms with E-state index in [9.17, 15) is 0 Å². The van der Waals surface area contributed by atoms with Gasteiger partial charge in [0.1, 0.15) is 0 Å². The summed E-state index contributed by atoms with van der Waals surface area (Å²) in [4.78, 5) is 0. The molecule has 0 saturated carbocycles. The molecule has 2 aromatic rings. The van der Waals surface area contributed by atoms with Crippen LogP contribution in [0.4, 0.5) is 5.69 Å². The van der Waals surface area contributed by atoms with Crippen LogP contribution in [0.5, 0.6) is 0 Å². The maximum Gasteiger partial charge on any atom is 0.0811 e. The Bertz CT molecular complexity index is 656. The molecule has 0 saturated heterocycles. The molecule has 1 aliphatic rings. The molecule has 1 atom stereocenters. The molecule has 0 amide bonds. The molecule has 106 valence electrons. The summed E-state index contributed by atoms with van der Waals surface area (Å²) in [6.07, 6.45) is 1.99. The molecule has 0 fully saturated rings. The molecule has 0 bridgehead atoms. The number of para-hydroxylation sites is 1. The first-order chi connectivity index (χ1) is 10.1. The van der Waals surface area contributed by atoms with Crippen LogP contribution in [0.15, 0.2) is 78.4 Å². The van der Waals surface area contributed by atoms with Crippen molar-refractivity contribution in [2.45, 2.75) is 19.9 Å². The molecule has 1 heterocycles. The number of nitrogens with zero attached hydrogens (tertiary/aromatic N) is 2. The summed E-state index contributed by atoms with van der Waals surface area (Å²) < 4.78 is 0. The van der Waals surface area contributed by atoms with E-state index in [1.54, 1.807) is 0 Å². The largest absolute Gasteiger partial charge is 0.257 e. The fourth-order valence-corrected chi connectivity index (χ4v) is 2.96. The van der Waals surface area contributed by atoms with Crippen LogP contribution in [0.25, 0.3) is 0 Å². The summed E-state index contributed by atoms with van der Waals surface area (Å²) in [6, 6.07) is 20.8. The van der Waals surface area contributed by atoms with E-state index in [0.29, 0.717) is 0 Å². The van der Waals surface area contributed by atoms with Crippen molar-refractivity contribution >= 4 is 11.4 Å². The molecule has 2 heteroatoms. The fourth-order valence-electron chi connectivity index (χ4n) is 2.96. The highest BCUT2D eigenvalue weighted by Crippen LogP contribution is 2.39. The monoisotopic (exact) mass is 276 g/mol. The molecule has 0 spiro atoms. The number of hydrogen-bond acceptors (Lipinski definition) is 2. The highest BCUT2D eigenvalue weighted by Gasteiger charge is 2.43. The van der Waals surface area contributed by atoms with Gasteiger partial charge in [0, 0.05) is 5.41 Å². The predicted molar refractivity (Wildman–Crippen MR) is 89.7 cm³/mol. The molecular weight excluding hydrogens is 256 g/mol. The van der Waals surface area contributed by atoms with E-state index in [-0.39, 0.29) is 11.5 Å². The lowest BCUT2D eigenvalue weighted by molar-refractivity contribution is 0.474. The zero-order chi connectivity index (χ0) is 14.9. The number of anilines is 1. The Kier molecular flexibility index (Phi) is 3.38. The van der Waals surface area contributed by atoms with Crippen molar-refractivity contribution in [3.05, 3.63) is 78.9 Å². The van der Waals surface area contributed by atoms with E-state index in [0.717, 1.165) is 11.4 Å². The third-order valence-electron chi connectivity index (χ3n) is 4.11. The first-order valence-corrected chi connectivity index (χ1v) is 7.26. The van der Waals surface area contributed by atoms with Gasteiger partial charge in [0.05, 0.1) is 17.4 Å². The molecule has 0 aliphatic carbocycles. The Hall–Kier alpha value is -2.35. The van der Waals surface area contributed by atoms with Crippen LogP contribution in [0.2, 0.25) is 0 Å². The summed E-state index contributed by atoms with van der Waals surface area (Å²) in [5.41, 5.74) is 3.30. The second kappa shape index (κ2) is 5.21. The zero-order valence-electron chi connectivity index (χ0n) is 12.5. The van der Waals surface area contributed by atoms with Crippen LogP contribution in [-0.4, -0.2) is 11.8 Å². The van der Waals surface area contributed by atoms with E-state index in [2.05, 4.69) is 61.8 Å². The molecule has 21 heavy (non-hydrogen) atoms. The van der Waals surface area contributed by atoms with E-state index in [1.807, 2.05) is 30.3 Å². The lowest BCUT2D eigenvalue weighted by Crippen LogP contribution is -2.38. The molecule has 2 aromatic carbocycles. The average molecular weight is 276 g/mol. The average Bonchev–Trinajstić information content (AvgIpc) is 2.79. The van der Waals surface area contributed by atoms with Gasteiger partial charge >= 0.3 is 0 Å². The van der Waals surface area contributed by atoms with Gasteiger partial charge in [-0.1, -0.05) is 68.5 Å². The summed E-state index contributed by atoms with van der Waals surface area (Å²) >= 11 is 0. The molecule has 1 aliphatic heterocycles. The van der Waals surface area contributed by atoms with Crippen LogP contribution in [-0.2, 0) is 0 Å². The third-order valence-corrected chi connectivity index (χ3v) is 4.11. The quantitative estimate of drug-likeness (QED) is 0.754. The Balaban J connectivity index is 2.09. The lowest BCUT2D eigenvalue weighted by Gasteiger charge is -2.30. The van der Waals surface area contributed by atoms with Gasteiger partial charge in [-0.25, -0.2) is 0 Å². The summed E-state index contributed by atoms with van der Waals surface area (Å²) in [5, 5.41) is 6.99. The first-order valence-electron chi connectivity index (χ1n) is 7.26. The molecule has 0 aromatic heterocycles. The van der Waals surface area contributed by atoms with Crippen molar-refractivity contribution in [3.8, 4) is 0 Å². The van der Waals surface area contributed by atoms with Crippen molar-refractivity contribution in [3.63, 3.8) is 0 Å². The van der Waals surface area contributed by atoms with Crippen molar-refractivity contribution in [2.75, 3.05) is 5.01 Å². The topological polar surface area (TPSA) is 15.6 Å². The minimum absolute atomic E-state index is 0.0844. The molecule has 0 radical (unpaired) electrons. The van der Waals surface area contributed by atoms with Gasteiger partial charge in [-0.2, -0.15) is 5.10 Å². The van der Waals surface area contributed by atoms with Crippen LogP contribution < -0.4 is 5.01 Å². The summed E-state index contributed by atoms with van der Waals surface area (Å²) in [5.74, 6) is 0. The molecular formula is C19H20N2. The third kappa shape index (κ3) is 2.27. The van der Waals surface area contributed by atoms with E-state index >= 15 is 0 Å². The Labute approximate surface area is 126 Å². The predicted octanol–water partition coefficient (Wildman–Crippen LogP) is 4.49. The first kappa shape index (κ1) is 13.6. The second-order valence-electron chi connectivity index (χ2n) is 5.90. The van der Waals surface area contributed by atoms with Gasteiger partial charge in [0.15, 0.2) is 0 Å². The van der Waals surface area contributed by atoms with Crippen molar-refractivity contribution in [2.24, 2.45) is 10.5 Å². The molecule has 0 N–H and O–H groups in total. The number of benzene rings is 2. The fraction of sp³-hybridized carbons (Fsp3) is 0.211. The van der Waals surface area contributed by atoms with Crippen LogP contribution in [0.3, 0.4) is 0 Å². The Morgan fingerprint density at radius 3 is 2.14 bits per heavy atom. The van der Waals surface area contributed by atoms with Gasteiger partial charge in [-0.3, -0.25) is 5.01 Å². The van der Waals surface area contributed by atoms with Crippen molar-refractivity contribution in [1.82, 2.24) is 0 Å². The number of hydrazone groups is 1. The highest BCUT2D eigenvalue weighted by atomic mass is 15.5. The van der Waals surface area contributed by atoms with Crippen molar-refractivity contribution in [1.29, 1.82) is 0 Å². The molecule has 0 unspecified atom stereocenters. The van der Waals surface area contributed by atoms with Gasteiger partial charge < -0.3 is 0 Å². The van der Waals surface area contributed by atoms with Gasteiger partial charge in [0.2, 0.25) is 0 Å². The van der Waals surface area contributed by atoms with Crippen LogP contribution in [0.1, 0.15) is 19.4 Å². The van der Waals surface area contributed by atoms with Crippen LogP contribution >= 0.6 is 0 Å². The van der Waals surface area contributed by atoms with Crippen LogP contribution in [0, 0.1) is 5.41 Å². The van der Waals surface area contributed by atoms with E-state index in [4.69, 9.17) is 5.10 Å². The van der Waals surface area contributed by atoms with Gasteiger partial charge in [-0.15, -0.1) is 6.58 Å². The number of rotatable bonds is 3. The van der Waals surface area contributed by atoms with Gasteiger partial charge in [-0.05, 0) is 17.7 Å². The second-order valence-corrected chi connectivity index (χ2v) is 5.90. The standard InChI is InChI=1S/C19H20N2/c1-4-17-19(2,3)18(15-11-7-5-8-12-15)20-21(17)16-13-9-6-10-14-16/h4-14,17H,1H2,2-3H3/t17-/m0/s1. The summed E-state index contributed by atoms with van der Waals surface area (Å²) in [6.45, 7) is 8.49. The minimum Gasteiger partial charge on any atom is -0.257 e. The Morgan fingerprint density at radius 2 is 1.57 bits per heavy atom. The Morgan fingerprint density at radius 1 is 1.00 bits per heavy atom. The lowest BCUT2D eigenvalue weighted by atomic mass is 9.78. The minimum atomic E-state index is -0.0844. The van der Waals surface area contributed by atoms with Gasteiger partial charge in [0.25, 0.3) is 0 Å². The SMILES string of the molecule is C=C[C@@H]1N(c2ccccc2)N=C(c2ccccc2)C1(C)C. The highest BCUT2D eigenvalue weighted by molar-refractivity contribution is 6.07. The zero-order valence-corrected chi connectivity index (χ0v) is 12.5. The number of hydrogen-bond donors (Lipinski definition) is 0. The summed E-state index contributed by atoms with van der Waals surface area (Å²) in [7, 11) is 0. The maximum atomic E-state index is 4.91. The molecule has 3 rings (SSSR count). The van der Waals surface area contributed by atoms with E-state index in [1.165, 1.54) is 5.56 Å². The van der Waals surface area contributed by atoms with Crippen molar-refractivity contribution < 1.29 is 0 Å². The molecule has 2 nitrogen and oxygen atoms in total. The smallest absolute Gasteiger partial charge is 0.0811 e. The maximum absolute atomic E-state index is 4.91. The normalized spacial score (nSPS) is 20.2.